The van der Waals surface area contributed by atoms with Crippen molar-refractivity contribution in [2.24, 2.45) is 0 Å². The molecule has 1 aromatic carbocycles. The SMILES string of the molecule is OCCCc1cn(CCOc2cccc(Cl)c2)nn1. The molecule has 5 nitrogen and oxygen atoms in total. The van der Waals surface area contributed by atoms with Gasteiger partial charge in [0, 0.05) is 17.8 Å². The number of hydrogen-bond acceptors (Lipinski definition) is 4. The zero-order valence-corrected chi connectivity index (χ0v) is 11.3. The van der Waals surface area contributed by atoms with Gasteiger partial charge in [-0.3, -0.25) is 0 Å². The Morgan fingerprint density at radius 1 is 1.37 bits per heavy atom. The zero-order chi connectivity index (χ0) is 13.5. The van der Waals surface area contributed by atoms with E-state index in [0.717, 1.165) is 17.9 Å². The molecule has 0 bridgehead atoms. The topological polar surface area (TPSA) is 60.2 Å². The van der Waals surface area contributed by atoms with Crippen molar-refractivity contribution in [3.63, 3.8) is 0 Å². The Morgan fingerprint density at radius 3 is 3.05 bits per heavy atom. The maximum atomic E-state index is 8.74. The maximum Gasteiger partial charge on any atom is 0.120 e. The van der Waals surface area contributed by atoms with Crippen molar-refractivity contribution < 1.29 is 9.84 Å². The van der Waals surface area contributed by atoms with Crippen LogP contribution in [0.1, 0.15) is 12.1 Å². The van der Waals surface area contributed by atoms with Gasteiger partial charge >= 0.3 is 0 Å². The van der Waals surface area contributed by atoms with E-state index in [1.165, 1.54) is 0 Å². The minimum atomic E-state index is 0.171. The lowest BCUT2D eigenvalue weighted by molar-refractivity contribution is 0.288. The van der Waals surface area contributed by atoms with Gasteiger partial charge in [0.1, 0.15) is 12.4 Å². The predicted octanol–water partition coefficient (Wildman–Crippen LogP) is 1.94. The fourth-order valence-corrected chi connectivity index (χ4v) is 1.82. The van der Waals surface area contributed by atoms with E-state index in [1.54, 1.807) is 16.8 Å². The second kappa shape index (κ2) is 7.11. The summed E-state index contributed by atoms with van der Waals surface area (Å²) >= 11 is 5.86. The van der Waals surface area contributed by atoms with Gasteiger partial charge in [0.05, 0.1) is 12.2 Å². The monoisotopic (exact) mass is 281 g/mol. The number of aliphatic hydroxyl groups excluding tert-OH is 1. The predicted molar refractivity (Wildman–Crippen MR) is 72.4 cm³/mol. The van der Waals surface area contributed by atoms with E-state index in [1.807, 2.05) is 18.3 Å². The highest BCUT2D eigenvalue weighted by atomic mass is 35.5. The fraction of sp³-hybridized carbons (Fsp3) is 0.385. The van der Waals surface area contributed by atoms with Crippen LogP contribution in [0.4, 0.5) is 0 Å². The molecule has 0 fully saturated rings. The average Bonchev–Trinajstić information content (AvgIpc) is 2.84. The van der Waals surface area contributed by atoms with E-state index in [-0.39, 0.29) is 6.61 Å². The van der Waals surface area contributed by atoms with Gasteiger partial charge in [0.25, 0.3) is 0 Å². The molecule has 2 aromatic rings. The summed E-state index contributed by atoms with van der Waals surface area (Å²) in [5.41, 5.74) is 0.886. The number of aryl methyl sites for hydroxylation is 1. The molecule has 0 spiro atoms. The van der Waals surface area contributed by atoms with Gasteiger partial charge in [0.2, 0.25) is 0 Å². The molecule has 1 heterocycles. The standard InChI is InChI=1S/C13H16ClN3O2/c14-11-3-1-5-13(9-11)19-8-6-17-10-12(15-16-17)4-2-7-18/h1,3,5,9-10,18H,2,4,6-8H2. The lowest BCUT2D eigenvalue weighted by atomic mass is 10.3. The summed E-state index contributed by atoms with van der Waals surface area (Å²) in [5.74, 6) is 0.744. The summed E-state index contributed by atoms with van der Waals surface area (Å²) in [6, 6.07) is 7.29. The van der Waals surface area contributed by atoms with Crippen LogP contribution in [0.3, 0.4) is 0 Å². The molecule has 0 aliphatic heterocycles. The number of aliphatic hydroxyl groups is 1. The maximum absolute atomic E-state index is 8.74. The van der Waals surface area contributed by atoms with Crippen molar-refractivity contribution in [3.8, 4) is 5.75 Å². The first kappa shape index (κ1) is 13.8. The van der Waals surface area contributed by atoms with Crippen molar-refractivity contribution in [1.82, 2.24) is 15.0 Å². The number of benzene rings is 1. The van der Waals surface area contributed by atoms with Gasteiger partial charge < -0.3 is 9.84 Å². The summed E-state index contributed by atoms with van der Waals surface area (Å²) in [7, 11) is 0. The van der Waals surface area contributed by atoms with Gasteiger partial charge in [-0.2, -0.15) is 0 Å². The third kappa shape index (κ3) is 4.54. The molecular formula is C13H16ClN3O2. The highest BCUT2D eigenvalue weighted by Crippen LogP contribution is 2.16. The summed E-state index contributed by atoms with van der Waals surface area (Å²) in [6.45, 7) is 1.30. The van der Waals surface area contributed by atoms with E-state index >= 15 is 0 Å². The molecule has 6 heteroatoms. The van der Waals surface area contributed by atoms with Crippen molar-refractivity contribution >= 4 is 11.6 Å². The summed E-state index contributed by atoms with van der Waals surface area (Å²) in [5, 5.41) is 17.4. The van der Waals surface area contributed by atoms with Crippen molar-refractivity contribution in [2.45, 2.75) is 19.4 Å². The molecule has 0 aliphatic carbocycles. The van der Waals surface area contributed by atoms with Crippen LogP contribution in [0, 0.1) is 0 Å². The number of nitrogens with zero attached hydrogens (tertiary/aromatic N) is 3. The number of aromatic nitrogens is 3. The number of hydrogen-bond donors (Lipinski definition) is 1. The quantitative estimate of drug-likeness (QED) is 0.842. The first-order valence-electron chi connectivity index (χ1n) is 6.16. The Bertz CT molecular complexity index is 516. The molecule has 2 rings (SSSR count). The van der Waals surface area contributed by atoms with Crippen molar-refractivity contribution in [1.29, 1.82) is 0 Å². The van der Waals surface area contributed by atoms with Crippen molar-refractivity contribution in [3.05, 3.63) is 41.2 Å². The van der Waals surface area contributed by atoms with Crippen LogP contribution in [-0.2, 0) is 13.0 Å². The minimum absolute atomic E-state index is 0.171. The Morgan fingerprint density at radius 2 is 2.26 bits per heavy atom. The molecular weight excluding hydrogens is 266 g/mol. The first-order chi connectivity index (χ1) is 9.28. The fourth-order valence-electron chi connectivity index (χ4n) is 1.64. The lowest BCUT2D eigenvalue weighted by Gasteiger charge is -2.05. The Kier molecular flexibility index (Phi) is 5.18. The molecule has 1 aromatic heterocycles. The molecule has 1 N–H and O–H groups in total. The Balaban J connectivity index is 1.77. The van der Waals surface area contributed by atoms with Crippen LogP contribution in [0.25, 0.3) is 0 Å². The van der Waals surface area contributed by atoms with Gasteiger partial charge in [-0.05, 0) is 31.0 Å². The third-order valence-corrected chi connectivity index (χ3v) is 2.80. The second-order valence-electron chi connectivity index (χ2n) is 4.11. The molecule has 0 unspecified atom stereocenters. The molecule has 0 atom stereocenters. The molecule has 0 amide bonds. The van der Waals surface area contributed by atoms with E-state index in [4.69, 9.17) is 21.4 Å². The highest BCUT2D eigenvalue weighted by Gasteiger charge is 2.01. The van der Waals surface area contributed by atoms with Crippen LogP contribution < -0.4 is 4.74 Å². The first-order valence-corrected chi connectivity index (χ1v) is 6.54. The van der Waals surface area contributed by atoms with Crippen LogP contribution in [0.5, 0.6) is 5.75 Å². The Hall–Kier alpha value is -1.59. The number of ether oxygens (including phenoxy) is 1. The molecule has 0 saturated heterocycles. The molecule has 0 aliphatic rings. The van der Waals surface area contributed by atoms with Crippen molar-refractivity contribution in [2.75, 3.05) is 13.2 Å². The number of halogens is 1. The van der Waals surface area contributed by atoms with Crippen LogP contribution in [0.2, 0.25) is 5.02 Å². The molecule has 19 heavy (non-hydrogen) atoms. The highest BCUT2D eigenvalue weighted by molar-refractivity contribution is 6.30. The normalized spacial score (nSPS) is 10.6. The second-order valence-corrected chi connectivity index (χ2v) is 4.54. The van der Waals surface area contributed by atoms with Crippen LogP contribution >= 0.6 is 11.6 Å². The lowest BCUT2D eigenvalue weighted by Crippen LogP contribution is -2.08. The summed E-state index contributed by atoms with van der Waals surface area (Å²) in [6.07, 6.45) is 3.32. The summed E-state index contributed by atoms with van der Waals surface area (Å²) < 4.78 is 7.30. The molecule has 0 saturated carbocycles. The molecule has 0 radical (unpaired) electrons. The third-order valence-electron chi connectivity index (χ3n) is 2.56. The van der Waals surface area contributed by atoms with Crippen LogP contribution in [0.15, 0.2) is 30.5 Å². The van der Waals surface area contributed by atoms with E-state index in [9.17, 15) is 0 Å². The summed E-state index contributed by atoms with van der Waals surface area (Å²) in [4.78, 5) is 0. The van der Waals surface area contributed by atoms with E-state index in [0.29, 0.717) is 24.6 Å². The van der Waals surface area contributed by atoms with Gasteiger partial charge in [-0.15, -0.1) is 5.10 Å². The van der Waals surface area contributed by atoms with Crippen LogP contribution in [-0.4, -0.2) is 33.3 Å². The average molecular weight is 282 g/mol. The smallest absolute Gasteiger partial charge is 0.120 e. The van der Waals surface area contributed by atoms with E-state index < -0.39 is 0 Å². The Labute approximate surface area is 116 Å². The van der Waals surface area contributed by atoms with E-state index in [2.05, 4.69) is 10.3 Å². The number of rotatable bonds is 7. The minimum Gasteiger partial charge on any atom is -0.492 e. The van der Waals surface area contributed by atoms with Gasteiger partial charge in [-0.25, -0.2) is 4.68 Å². The van der Waals surface area contributed by atoms with Gasteiger partial charge in [0.15, 0.2) is 0 Å². The van der Waals surface area contributed by atoms with Gasteiger partial charge in [-0.1, -0.05) is 22.9 Å². The largest absolute Gasteiger partial charge is 0.492 e. The zero-order valence-electron chi connectivity index (χ0n) is 10.5. The molecule has 102 valence electrons.